The van der Waals surface area contributed by atoms with Crippen LogP contribution in [-0.4, -0.2) is 54.6 Å². The van der Waals surface area contributed by atoms with E-state index in [1.54, 1.807) is 0 Å². The molecule has 102 valence electrons. The van der Waals surface area contributed by atoms with E-state index in [1.807, 2.05) is 0 Å². The van der Waals surface area contributed by atoms with Gasteiger partial charge in [-0.2, -0.15) is 0 Å². The molecule has 1 saturated heterocycles. The van der Waals surface area contributed by atoms with Crippen LogP contribution in [0.25, 0.3) is 11.2 Å². The summed E-state index contributed by atoms with van der Waals surface area (Å²) in [5.41, 5.74) is 12.3. The number of nitrogen functional groups attached to an aromatic ring is 1. The van der Waals surface area contributed by atoms with Crippen LogP contribution >= 0.6 is 0 Å². The molecule has 0 amide bonds. The van der Waals surface area contributed by atoms with E-state index in [0.29, 0.717) is 11.2 Å². The van der Waals surface area contributed by atoms with Crippen molar-refractivity contribution in [2.24, 2.45) is 5.73 Å². The minimum Gasteiger partial charge on any atom is -0.394 e. The van der Waals surface area contributed by atoms with E-state index in [9.17, 15) is 5.11 Å². The first-order valence-electron chi connectivity index (χ1n) is 5.76. The average Bonchev–Trinajstić information content (AvgIpc) is 2.94. The van der Waals surface area contributed by atoms with E-state index in [1.165, 1.54) is 17.2 Å². The minimum absolute atomic E-state index is 0.249. The molecule has 1 aliphatic rings. The predicted octanol–water partition coefficient (Wildman–Crippen LogP) is -2.01. The minimum atomic E-state index is -0.967. The zero-order valence-corrected chi connectivity index (χ0v) is 9.92. The summed E-state index contributed by atoms with van der Waals surface area (Å²) in [4.78, 5) is 12.0. The Labute approximate surface area is 107 Å². The Morgan fingerprint density at radius 2 is 2.16 bits per heavy atom. The van der Waals surface area contributed by atoms with Crippen molar-refractivity contribution in [3.63, 3.8) is 0 Å². The first kappa shape index (κ1) is 12.2. The molecular formula is C10H14N6O3. The molecule has 19 heavy (non-hydrogen) atoms. The summed E-state index contributed by atoms with van der Waals surface area (Å²) in [7, 11) is 0. The van der Waals surface area contributed by atoms with Crippen molar-refractivity contribution in [3.05, 3.63) is 12.7 Å². The number of anilines is 1. The fraction of sp³-hybridized carbons (Fsp3) is 0.500. The largest absolute Gasteiger partial charge is 0.394 e. The molecule has 0 bridgehead atoms. The van der Waals surface area contributed by atoms with Gasteiger partial charge in [-0.05, 0) is 0 Å². The second kappa shape index (κ2) is 4.38. The number of rotatable bonds is 2. The smallest absolute Gasteiger partial charge is 0.167 e. The molecule has 1 aliphatic heterocycles. The highest BCUT2D eigenvalue weighted by Gasteiger charge is 2.42. The number of aliphatic hydroxyl groups is 2. The lowest BCUT2D eigenvalue weighted by Crippen LogP contribution is -2.41. The van der Waals surface area contributed by atoms with Crippen molar-refractivity contribution in [1.29, 1.82) is 0 Å². The Morgan fingerprint density at radius 1 is 1.37 bits per heavy atom. The van der Waals surface area contributed by atoms with Gasteiger partial charge in [-0.25, -0.2) is 15.0 Å². The molecule has 0 spiro atoms. The van der Waals surface area contributed by atoms with Crippen LogP contribution < -0.4 is 11.5 Å². The van der Waals surface area contributed by atoms with Crippen molar-refractivity contribution in [2.45, 2.75) is 24.5 Å². The Hall–Kier alpha value is -1.81. The molecule has 3 rings (SSSR count). The quantitative estimate of drug-likeness (QED) is 0.487. The normalized spacial score (nSPS) is 31.1. The molecule has 0 aliphatic carbocycles. The first-order chi connectivity index (χ1) is 9.13. The lowest BCUT2D eigenvalue weighted by molar-refractivity contribution is -0.0488. The van der Waals surface area contributed by atoms with E-state index >= 15 is 0 Å². The maximum atomic E-state index is 10.1. The van der Waals surface area contributed by atoms with Gasteiger partial charge in [0.15, 0.2) is 17.7 Å². The SMILES string of the molecule is Nc1ncnc2c1ncn2[C@@H]1O[C@H](CO)[C@@H](N)[C@@H]1O. The molecule has 0 saturated carbocycles. The van der Waals surface area contributed by atoms with E-state index in [2.05, 4.69) is 15.0 Å². The molecule has 2 aromatic heterocycles. The van der Waals surface area contributed by atoms with Crippen molar-refractivity contribution < 1.29 is 14.9 Å². The summed E-state index contributed by atoms with van der Waals surface area (Å²) < 4.78 is 7.06. The fourth-order valence-electron chi connectivity index (χ4n) is 2.21. The van der Waals surface area contributed by atoms with E-state index in [4.69, 9.17) is 21.3 Å². The number of hydrogen-bond donors (Lipinski definition) is 4. The first-order valence-corrected chi connectivity index (χ1v) is 5.76. The third-order valence-corrected chi connectivity index (χ3v) is 3.27. The summed E-state index contributed by atoms with van der Waals surface area (Å²) in [5, 5.41) is 19.2. The van der Waals surface area contributed by atoms with E-state index < -0.39 is 24.5 Å². The molecule has 2 aromatic rings. The number of nitrogens with two attached hydrogens (primary N) is 2. The van der Waals surface area contributed by atoms with Gasteiger partial charge in [-0.15, -0.1) is 0 Å². The second-order valence-electron chi connectivity index (χ2n) is 4.40. The molecule has 3 heterocycles. The van der Waals surface area contributed by atoms with Gasteiger partial charge in [0.25, 0.3) is 0 Å². The lowest BCUT2D eigenvalue weighted by Gasteiger charge is -2.16. The van der Waals surface area contributed by atoms with Crippen LogP contribution in [-0.2, 0) is 4.74 Å². The van der Waals surface area contributed by atoms with Crippen molar-refractivity contribution >= 4 is 17.0 Å². The summed E-state index contributed by atoms with van der Waals surface area (Å²) in [5.74, 6) is 0.249. The summed E-state index contributed by atoms with van der Waals surface area (Å²) >= 11 is 0. The van der Waals surface area contributed by atoms with Gasteiger partial charge in [-0.3, -0.25) is 4.57 Å². The number of fused-ring (bicyclic) bond motifs is 1. The number of imidazole rings is 1. The fourth-order valence-corrected chi connectivity index (χ4v) is 2.21. The van der Waals surface area contributed by atoms with Crippen LogP contribution in [0.15, 0.2) is 12.7 Å². The number of ether oxygens (including phenoxy) is 1. The molecule has 0 unspecified atom stereocenters. The van der Waals surface area contributed by atoms with Crippen molar-refractivity contribution in [2.75, 3.05) is 12.3 Å². The highest BCUT2D eigenvalue weighted by atomic mass is 16.5. The molecule has 4 atom stereocenters. The van der Waals surface area contributed by atoms with Gasteiger partial charge >= 0.3 is 0 Å². The molecule has 1 fully saturated rings. The zero-order chi connectivity index (χ0) is 13.6. The Morgan fingerprint density at radius 3 is 2.84 bits per heavy atom. The molecule has 0 aromatic carbocycles. The van der Waals surface area contributed by atoms with Gasteiger partial charge in [0.1, 0.15) is 24.1 Å². The Kier molecular flexibility index (Phi) is 2.82. The van der Waals surface area contributed by atoms with Crippen LogP contribution in [0, 0.1) is 0 Å². The van der Waals surface area contributed by atoms with Gasteiger partial charge in [0, 0.05) is 0 Å². The predicted molar refractivity (Wildman–Crippen MR) is 64.7 cm³/mol. The Bertz CT molecular complexity index is 602. The topological polar surface area (TPSA) is 145 Å². The maximum absolute atomic E-state index is 10.1. The molecule has 9 heteroatoms. The van der Waals surface area contributed by atoms with Crippen molar-refractivity contribution in [3.8, 4) is 0 Å². The lowest BCUT2D eigenvalue weighted by atomic mass is 10.1. The number of nitrogens with zero attached hydrogens (tertiary/aromatic N) is 4. The number of aromatic nitrogens is 4. The van der Waals surface area contributed by atoms with Crippen LogP contribution in [0.2, 0.25) is 0 Å². The van der Waals surface area contributed by atoms with Gasteiger partial charge in [-0.1, -0.05) is 0 Å². The van der Waals surface area contributed by atoms with E-state index in [0.717, 1.165) is 0 Å². The molecule has 0 radical (unpaired) electrons. The summed E-state index contributed by atoms with van der Waals surface area (Å²) in [6.07, 6.45) is 0.408. The average molecular weight is 266 g/mol. The summed E-state index contributed by atoms with van der Waals surface area (Å²) in [6.45, 7) is -0.265. The van der Waals surface area contributed by atoms with Gasteiger partial charge in [0.05, 0.1) is 19.0 Å². The second-order valence-corrected chi connectivity index (χ2v) is 4.40. The highest BCUT2D eigenvalue weighted by molar-refractivity contribution is 5.81. The maximum Gasteiger partial charge on any atom is 0.167 e. The third-order valence-electron chi connectivity index (χ3n) is 3.27. The van der Waals surface area contributed by atoms with Crippen molar-refractivity contribution in [1.82, 2.24) is 19.5 Å². The van der Waals surface area contributed by atoms with Crippen LogP contribution in [0.4, 0.5) is 5.82 Å². The number of aliphatic hydroxyl groups excluding tert-OH is 2. The van der Waals surface area contributed by atoms with Crippen LogP contribution in [0.3, 0.4) is 0 Å². The van der Waals surface area contributed by atoms with Gasteiger partial charge < -0.3 is 26.4 Å². The Balaban J connectivity index is 2.04. The third kappa shape index (κ3) is 1.75. The molecule has 6 N–H and O–H groups in total. The number of hydrogen-bond acceptors (Lipinski definition) is 8. The highest BCUT2D eigenvalue weighted by Crippen LogP contribution is 2.30. The monoisotopic (exact) mass is 266 g/mol. The van der Waals surface area contributed by atoms with Crippen LogP contribution in [0.5, 0.6) is 0 Å². The zero-order valence-electron chi connectivity index (χ0n) is 9.92. The van der Waals surface area contributed by atoms with E-state index in [-0.39, 0.29) is 12.4 Å². The van der Waals surface area contributed by atoms with Gasteiger partial charge in [0.2, 0.25) is 0 Å². The summed E-state index contributed by atoms with van der Waals surface area (Å²) in [6, 6.07) is -0.674. The molecule has 9 nitrogen and oxygen atoms in total. The van der Waals surface area contributed by atoms with Crippen LogP contribution in [0.1, 0.15) is 6.23 Å². The standard InChI is InChI=1S/C10H14N6O3/c11-5-4(1-17)19-10(7(5)18)16-3-15-6-8(12)13-2-14-9(6)16/h2-5,7,10,17-18H,1,11H2,(H2,12,13,14)/t4-,5-,7+,10-/m1/s1. The molecular weight excluding hydrogens is 252 g/mol.